The van der Waals surface area contributed by atoms with Crippen molar-refractivity contribution in [3.63, 3.8) is 0 Å². The topological polar surface area (TPSA) is 56.1 Å². The van der Waals surface area contributed by atoms with Crippen LogP contribution in [0.15, 0.2) is 6.20 Å². The summed E-state index contributed by atoms with van der Waals surface area (Å²) >= 11 is 0. The summed E-state index contributed by atoms with van der Waals surface area (Å²) in [6, 6.07) is 0. The largest absolute Gasteiger partial charge is 0.493 e. The molecular weight excluding hydrogens is 242 g/mol. The van der Waals surface area contributed by atoms with E-state index in [1.807, 2.05) is 6.92 Å². The number of ketones is 1. The van der Waals surface area contributed by atoms with Crippen LogP contribution < -0.4 is 10.1 Å². The van der Waals surface area contributed by atoms with Gasteiger partial charge >= 0.3 is 0 Å². The highest BCUT2D eigenvalue weighted by atomic mass is 16.5. The fourth-order valence-electron chi connectivity index (χ4n) is 2.97. The van der Waals surface area contributed by atoms with E-state index < -0.39 is 5.54 Å². The Hall–Kier alpha value is -1.36. The highest BCUT2D eigenvalue weighted by molar-refractivity contribution is 6.04. The van der Waals surface area contributed by atoms with Crippen LogP contribution in [0.5, 0.6) is 5.75 Å². The lowest BCUT2D eigenvalue weighted by molar-refractivity contribution is 0.0843. The normalized spacial score (nSPS) is 22.7. The SMILES string of the molecule is CCCC1(C(=O)c2c(OC)cnn2CC)CCCN1. The van der Waals surface area contributed by atoms with Crippen LogP contribution >= 0.6 is 0 Å². The summed E-state index contributed by atoms with van der Waals surface area (Å²) < 4.78 is 7.03. The van der Waals surface area contributed by atoms with E-state index in [-0.39, 0.29) is 5.78 Å². The molecule has 1 atom stereocenters. The Bertz CT molecular complexity index is 426. The number of hydrogen-bond acceptors (Lipinski definition) is 4. The molecule has 0 aliphatic carbocycles. The minimum Gasteiger partial charge on any atom is -0.493 e. The second kappa shape index (κ2) is 5.74. The van der Waals surface area contributed by atoms with Gasteiger partial charge in [0, 0.05) is 6.54 Å². The lowest BCUT2D eigenvalue weighted by Gasteiger charge is -2.28. The standard InChI is InChI=1S/C14H23N3O2/c1-4-7-14(8-6-9-15-14)13(18)12-11(19-3)10-16-17(12)5-2/h10,15H,4-9H2,1-3H3. The molecule has 0 bridgehead atoms. The van der Waals surface area contributed by atoms with Crippen molar-refractivity contribution < 1.29 is 9.53 Å². The predicted molar refractivity (Wildman–Crippen MR) is 73.7 cm³/mol. The minimum absolute atomic E-state index is 0.128. The van der Waals surface area contributed by atoms with Gasteiger partial charge in [-0.3, -0.25) is 9.48 Å². The van der Waals surface area contributed by atoms with Crippen LogP contribution in [0.25, 0.3) is 0 Å². The summed E-state index contributed by atoms with van der Waals surface area (Å²) in [5.41, 5.74) is 0.183. The van der Waals surface area contributed by atoms with Crippen molar-refractivity contribution in [2.45, 2.75) is 51.6 Å². The quantitative estimate of drug-likeness (QED) is 0.799. The second-order valence-electron chi connectivity index (χ2n) is 5.07. The molecule has 2 heterocycles. The van der Waals surface area contributed by atoms with E-state index in [9.17, 15) is 4.79 Å². The molecule has 1 aromatic heterocycles. The zero-order valence-electron chi connectivity index (χ0n) is 12.0. The van der Waals surface area contributed by atoms with Gasteiger partial charge in [0.1, 0.15) is 5.69 Å². The number of ether oxygens (including phenoxy) is 1. The number of aromatic nitrogens is 2. The van der Waals surface area contributed by atoms with E-state index in [0.29, 0.717) is 18.0 Å². The number of carbonyl (C=O) groups excluding carboxylic acids is 1. The molecule has 1 fully saturated rings. The number of nitrogens with zero attached hydrogens (tertiary/aromatic N) is 2. The Morgan fingerprint density at radius 2 is 2.37 bits per heavy atom. The van der Waals surface area contributed by atoms with Gasteiger partial charge in [0.2, 0.25) is 5.78 Å². The van der Waals surface area contributed by atoms with Crippen LogP contribution in [0.2, 0.25) is 0 Å². The number of nitrogens with one attached hydrogen (secondary N) is 1. The van der Waals surface area contributed by atoms with Crippen LogP contribution in [-0.4, -0.2) is 34.8 Å². The summed E-state index contributed by atoms with van der Waals surface area (Å²) in [7, 11) is 1.59. The average Bonchev–Trinajstić information content (AvgIpc) is 3.04. The molecule has 1 aliphatic rings. The Balaban J connectivity index is 2.39. The zero-order chi connectivity index (χ0) is 13.9. The number of hydrogen-bond donors (Lipinski definition) is 1. The van der Waals surface area contributed by atoms with Crippen molar-refractivity contribution >= 4 is 5.78 Å². The summed E-state index contributed by atoms with van der Waals surface area (Å²) in [6.45, 7) is 5.68. The first-order valence-electron chi connectivity index (χ1n) is 7.08. The third-order valence-corrected chi connectivity index (χ3v) is 3.90. The molecule has 0 radical (unpaired) electrons. The van der Waals surface area contributed by atoms with Crippen molar-refractivity contribution in [1.82, 2.24) is 15.1 Å². The third kappa shape index (κ3) is 2.39. The smallest absolute Gasteiger partial charge is 0.204 e. The van der Waals surface area contributed by atoms with E-state index in [1.165, 1.54) is 0 Å². The maximum Gasteiger partial charge on any atom is 0.204 e. The molecule has 2 rings (SSSR count). The van der Waals surface area contributed by atoms with Crippen molar-refractivity contribution in [2.24, 2.45) is 0 Å². The lowest BCUT2D eigenvalue weighted by atomic mass is 9.85. The van der Waals surface area contributed by atoms with Crippen LogP contribution in [0.3, 0.4) is 0 Å². The molecule has 5 heteroatoms. The molecule has 0 spiro atoms. The molecule has 106 valence electrons. The summed E-state index contributed by atoms with van der Waals surface area (Å²) in [4.78, 5) is 13.0. The average molecular weight is 265 g/mol. The first-order chi connectivity index (χ1) is 9.18. The Labute approximate surface area is 114 Å². The molecule has 1 aliphatic heterocycles. The minimum atomic E-state index is -0.422. The van der Waals surface area contributed by atoms with E-state index in [4.69, 9.17) is 4.74 Å². The molecule has 1 aromatic rings. The van der Waals surface area contributed by atoms with Crippen LogP contribution in [0.4, 0.5) is 0 Å². The molecule has 5 nitrogen and oxygen atoms in total. The molecule has 19 heavy (non-hydrogen) atoms. The molecule has 1 N–H and O–H groups in total. The molecule has 1 saturated heterocycles. The molecule has 0 amide bonds. The maximum absolute atomic E-state index is 13.0. The summed E-state index contributed by atoms with van der Waals surface area (Å²) in [5.74, 6) is 0.707. The number of aryl methyl sites for hydroxylation is 1. The van der Waals surface area contributed by atoms with Crippen LogP contribution in [0.1, 0.15) is 50.0 Å². The monoisotopic (exact) mass is 265 g/mol. The van der Waals surface area contributed by atoms with Gasteiger partial charge in [0.25, 0.3) is 0 Å². The van der Waals surface area contributed by atoms with Gasteiger partial charge in [0.05, 0.1) is 18.8 Å². The van der Waals surface area contributed by atoms with Crippen molar-refractivity contribution in [1.29, 1.82) is 0 Å². The van der Waals surface area contributed by atoms with E-state index in [1.54, 1.807) is 18.0 Å². The zero-order valence-corrected chi connectivity index (χ0v) is 12.0. The van der Waals surface area contributed by atoms with E-state index >= 15 is 0 Å². The first kappa shape index (κ1) is 14.1. The van der Waals surface area contributed by atoms with Crippen molar-refractivity contribution in [3.05, 3.63) is 11.9 Å². The Kier molecular flexibility index (Phi) is 4.24. The highest BCUT2D eigenvalue weighted by Crippen LogP contribution is 2.32. The van der Waals surface area contributed by atoms with Gasteiger partial charge in [-0.1, -0.05) is 13.3 Å². The Morgan fingerprint density at radius 3 is 2.89 bits per heavy atom. The maximum atomic E-state index is 13.0. The first-order valence-corrected chi connectivity index (χ1v) is 7.08. The fourth-order valence-corrected chi connectivity index (χ4v) is 2.97. The molecular formula is C14H23N3O2. The molecule has 0 aromatic carbocycles. The van der Waals surface area contributed by atoms with E-state index in [2.05, 4.69) is 17.3 Å². The number of carbonyl (C=O) groups is 1. The molecule has 0 saturated carbocycles. The van der Waals surface area contributed by atoms with Crippen LogP contribution in [0, 0.1) is 0 Å². The lowest BCUT2D eigenvalue weighted by Crippen LogP contribution is -2.48. The number of methoxy groups -OCH3 is 1. The number of Topliss-reactive ketones (excluding diaryl/α,β-unsaturated/α-hetero) is 1. The van der Waals surface area contributed by atoms with Gasteiger partial charge in [-0.2, -0.15) is 5.10 Å². The van der Waals surface area contributed by atoms with E-state index in [0.717, 1.165) is 32.2 Å². The van der Waals surface area contributed by atoms with Gasteiger partial charge in [-0.05, 0) is 32.7 Å². The van der Waals surface area contributed by atoms with Crippen molar-refractivity contribution in [2.75, 3.05) is 13.7 Å². The predicted octanol–water partition coefficient (Wildman–Crippen LogP) is 2.02. The second-order valence-corrected chi connectivity index (χ2v) is 5.07. The van der Waals surface area contributed by atoms with Gasteiger partial charge < -0.3 is 10.1 Å². The van der Waals surface area contributed by atoms with Gasteiger partial charge in [0.15, 0.2) is 5.75 Å². The summed E-state index contributed by atoms with van der Waals surface area (Å²) in [6.07, 6.45) is 5.43. The fraction of sp³-hybridized carbons (Fsp3) is 0.714. The highest BCUT2D eigenvalue weighted by Gasteiger charge is 2.42. The van der Waals surface area contributed by atoms with Crippen LogP contribution in [-0.2, 0) is 6.54 Å². The van der Waals surface area contributed by atoms with Crippen molar-refractivity contribution in [3.8, 4) is 5.75 Å². The van der Waals surface area contributed by atoms with Gasteiger partial charge in [-0.25, -0.2) is 0 Å². The molecule has 1 unspecified atom stereocenters. The van der Waals surface area contributed by atoms with Gasteiger partial charge in [-0.15, -0.1) is 0 Å². The summed E-state index contributed by atoms with van der Waals surface area (Å²) in [5, 5.41) is 7.65. The number of rotatable bonds is 6. The third-order valence-electron chi connectivity index (χ3n) is 3.90. The Morgan fingerprint density at radius 1 is 1.58 bits per heavy atom.